The largest absolute Gasteiger partial charge is 0.410 e. The van der Waals surface area contributed by atoms with E-state index in [4.69, 9.17) is 11.6 Å². The number of benzene rings is 2. The van der Waals surface area contributed by atoms with Gasteiger partial charge in [-0.15, -0.1) is 0 Å². The van der Waals surface area contributed by atoms with E-state index in [-0.39, 0.29) is 0 Å². The second kappa shape index (κ2) is 7.07. The summed E-state index contributed by atoms with van der Waals surface area (Å²) in [5, 5.41) is 13.7. The molecule has 0 saturated carbocycles. The number of pyridine rings is 1. The first kappa shape index (κ1) is 15.3. The Morgan fingerprint density at radius 2 is 1.70 bits per heavy atom. The highest BCUT2D eigenvalue weighted by molar-refractivity contribution is 6.30. The van der Waals surface area contributed by atoms with E-state index in [9.17, 15) is 5.21 Å². The van der Waals surface area contributed by atoms with Gasteiger partial charge in [0.1, 0.15) is 5.71 Å². The normalized spacial score (nSPS) is 11.4. The van der Waals surface area contributed by atoms with E-state index >= 15 is 0 Å². The predicted octanol–water partition coefficient (Wildman–Crippen LogP) is 4.55. The van der Waals surface area contributed by atoms with Crippen LogP contribution in [0.25, 0.3) is 0 Å². The summed E-state index contributed by atoms with van der Waals surface area (Å²) in [5.74, 6) is 0. The SMILES string of the molecule is ON=C(c1ccccn1)c1ccccc1Cc1ccc(Cl)cc1. The second-order valence-electron chi connectivity index (χ2n) is 5.12. The Morgan fingerprint density at radius 3 is 2.39 bits per heavy atom. The first-order valence-electron chi connectivity index (χ1n) is 7.24. The van der Waals surface area contributed by atoms with Gasteiger partial charge in [0, 0.05) is 16.8 Å². The van der Waals surface area contributed by atoms with Crippen molar-refractivity contribution in [3.63, 3.8) is 0 Å². The van der Waals surface area contributed by atoms with Gasteiger partial charge in [-0.2, -0.15) is 0 Å². The number of nitrogens with zero attached hydrogens (tertiary/aromatic N) is 2. The molecule has 0 unspecified atom stereocenters. The molecule has 23 heavy (non-hydrogen) atoms. The van der Waals surface area contributed by atoms with Gasteiger partial charge in [-0.3, -0.25) is 4.98 Å². The Hall–Kier alpha value is -2.65. The zero-order chi connectivity index (χ0) is 16.1. The molecule has 0 saturated heterocycles. The molecule has 0 fully saturated rings. The summed E-state index contributed by atoms with van der Waals surface area (Å²) in [6, 6.07) is 21.1. The molecule has 1 N–H and O–H groups in total. The number of hydrogen-bond acceptors (Lipinski definition) is 3. The standard InChI is InChI=1S/C19H15ClN2O/c20-16-10-8-14(9-11-16)13-15-5-1-2-6-17(15)19(22-23)18-7-3-4-12-21-18/h1-12,23H,13H2. The van der Waals surface area contributed by atoms with Crippen LogP contribution in [0.3, 0.4) is 0 Å². The van der Waals surface area contributed by atoms with Gasteiger partial charge in [-0.05, 0) is 41.8 Å². The van der Waals surface area contributed by atoms with Crippen LogP contribution >= 0.6 is 11.6 Å². The average molecular weight is 323 g/mol. The van der Waals surface area contributed by atoms with Gasteiger partial charge in [-0.25, -0.2) is 0 Å². The minimum absolute atomic E-state index is 0.468. The molecule has 2 aromatic carbocycles. The molecule has 0 radical (unpaired) electrons. The number of hydrogen-bond donors (Lipinski definition) is 1. The molecule has 0 bridgehead atoms. The van der Waals surface area contributed by atoms with Crippen molar-refractivity contribution < 1.29 is 5.21 Å². The lowest BCUT2D eigenvalue weighted by molar-refractivity contribution is 0.319. The van der Waals surface area contributed by atoms with E-state index in [0.29, 0.717) is 16.4 Å². The Bertz CT molecular complexity index is 814. The first-order chi connectivity index (χ1) is 11.3. The third-order valence-electron chi connectivity index (χ3n) is 3.59. The Morgan fingerprint density at radius 1 is 0.957 bits per heavy atom. The minimum atomic E-state index is 0.468. The maximum Gasteiger partial charge on any atom is 0.135 e. The molecule has 1 heterocycles. The van der Waals surface area contributed by atoms with Crippen LogP contribution in [0.5, 0.6) is 0 Å². The fraction of sp³-hybridized carbons (Fsp3) is 0.0526. The fourth-order valence-corrected chi connectivity index (χ4v) is 2.60. The molecule has 0 amide bonds. The number of oxime groups is 1. The fourth-order valence-electron chi connectivity index (χ4n) is 2.47. The molecule has 3 rings (SSSR count). The van der Waals surface area contributed by atoms with Gasteiger partial charge in [0.2, 0.25) is 0 Å². The van der Waals surface area contributed by atoms with Gasteiger partial charge in [0.05, 0.1) is 5.69 Å². The highest BCUT2D eigenvalue weighted by atomic mass is 35.5. The highest BCUT2D eigenvalue weighted by Gasteiger charge is 2.13. The van der Waals surface area contributed by atoms with Crippen molar-refractivity contribution in [1.82, 2.24) is 4.98 Å². The minimum Gasteiger partial charge on any atom is -0.410 e. The van der Waals surface area contributed by atoms with E-state index in [2.05, 4.69) is 10.1 Å². The lowest BCUT2D eigenvalue weighted by atomic mass is 9.95. The van der Waals surface area contributed by atoms with Gasteiger partial charge < -0.3 is 5.21 Å². The van der Waals surface area contributed by atoms with Crippen LogP contribution in [-0.2, 0) is 6.42 Å². The second-order valence-corrected chi connectivity index (χ2v) is 5.56. The van der Waals surface area contributed by atoms with E-state index in [1.54, 1.807) is 6.20 Å². The van der Waals surface area contributed by atoms with Crippen molar-refractivity contribution in [2.24, 2.45) is 5.16 Å². The summed E-state index contributed by atoms with van der Waals surface area (Å²) in [6.45, 7) is 0. The van der Waals surface area contributed by atoms with Crippen LogP contribution in [-0.4, -0.2) is 15.9 Å². The molecule has 3 aromatic rings. The number of halogens is 1. The summed E-state index contributed by atoms with van der Waals surface area (Å²) >= 11 is 5.94. The van der Waals surface area contributed by atoms with Gasteiger partial charge in [-0.1, -0.05) is 59.2 Å². The Balaban J connectivity index is 1.99. The molecule has 0 atom stereocenters. The molecule has 1 aromatic heterocycles. The highest BCUT2D eigenvalue weighted by Crippen LogP contribution is 2.19. The van der Waals surface area contributed by atoms with Crippen molar-refractivity contribution in [2.45, 2.75) is 6.42 Å². The van der Waals surface area contributed by atoms with Gasteiger partial charge in [0.25, 0.3) is 0 Å². The number of rotatable bonds is 4. The van der Waals surface area contributed by atoms with E-state index in [1.165, 1.54) is 0 Å². The van der Waals surface area contributed by atoms with Crippen LogP contribution in [0.1, 0.15) is 22.4 Å². The molecular formula is C19H15ClN2O. The predicted molar refractivity (Wildman–Crippen MR) is 92.4 cm³/mol. The quantitative estimate of drug-likeness (QED) is 0.435. The van der Waals surface area contributed by atoms with E-state index < -0.39 is 0 Å². The molecular weight excluding hydrogens is 308 g/mol. The molecule has 0 spiro atoms. The molecule has 0 aliphatic heterocycles. The topological polar surface area (TPSA) is 45.5 Å². The van der Waals surface area contributed by atoms with Crippen molar-refractivity contribution in [3.8, 4) is 0 Å². The Kier molecular flexibility index (Phi) is 4.69. The summed E-state index contributed by atoms with van der Waals surface area (Å²) in [6.07, 6.45) is 2.40. The first-order valence-corrected chi connectivity index (χ1v) is 7.62. The van der Waals surface area contributed by atoms with Crippen LogP contribution in [0.15, 0.2) is 78.1 Å². The summed E-state index contributed by atoms with van der Waals surface area (Å²) in [4.78, 5) is 4.28. The molecule has 114 valence electrons. The van der Waals surface area contributed by atoms with Crippen LogP contribution < -0.4 is 0 Å². The van der Waals surface area contributed by atoms with E-state index in [1.807, 2.05) is 66.7 Å². The molecule has 3 nitrogen and oxygen atoms in total. The maximum atomic E-state index is 9.49. The Labute approximate surface area is 139 Å². The smallest absolute Gasteiger partial charge is 0.135 e. The molecule has 0 aliphatic rings. The lowest BCUT2D eigenvalue weighted by Crippen LogP contribution is -2.09. The third kappa shape index (κ3) is 3.58. The van der Waals surface area contributed by atoms with Crippen LogP contribution in [0.2, 0.25) is 5.02 Å². The zero-order valence-electron chi connectivity index (χ0n) is 12.4. The van der Waals surface area contributed by atoms with E-state index in [0.717, 1.165) is 23.1 Å². The van der Waals surface area contributed by atoms with Crippen molar-refractivity contribution in [3.05, 3.63) is 100 Å². The maximum absolute atomic E-state index is 9.49. The summed E-state index contributed by atoms with van der Waals surface area (Å²) in [5.41, 5.74) is 4.17. The number of aromatic nitrogens is 1. The zero-order valence-corrected chi connectivity index (χ0v) is 13.1. The summed E-state index contributed by atoms with van der Waals surface area (Å²) in [7, 11) is 0. The van der Waals surface area contributed by atoms with Crippen molar-refractivity contribution in [1.29, 1.82) is 0 Å². The van der Waals surface area contributed by atoms with Crippen LogP contribution in [0, 0.1) is 0 Å². The lowest BCUT2D eigenvalue weighted by Gasteiger charge is -2.11. The third-order valence-corrected chi connectivity index (χ3v) is 3.84. The average Bonchev–Trinajstić information content (AvgIpc) is 2.60. The molecule has 4 heteroatoms. The van der Waals surface area contributed by atoms with Gasteiger partial charge >= 0.3 is 0 Å². The van der Waals surface area contributed by atoms with Crippen molar-refractivity contribution >= 4 is 17.3 Å². The van der Waals surface area contributed by atoms with Gasteiger partial charge in [0.15, 0.2) is 0 Å². The van der Waals surface area contributed by atoms with Crippen molar-refractivity contribution in [2.75, 3.05) is 0 Å². The summed E-state index contributed by atoms with van der Waals surface area (Å²) < 4.78 is 0. The van der Waals surface area contributed by atoms with Crippen LogP contribution in [0.4, 0.5) is 0 Å². The molecule has 0 aliphatic carbocycles. The monoisotopic (exact) mass is 322 g/mol.